The number of amides is 1. The van der Waals surface area contributed by atoms with E-state index in [2.05, 4.69) is 27.3 Å². The Kier molecular flexibility index (Phi) is 4.45. The van der Waals surface area contributed by atoms with Gasteiger partial charge in [-0.05, 0) is 53.7 Å². The van der Waals surface area contributed by atoms with Crippen molar-refractivity contribution in [2.45, 2.75) is 38.3 Å². The minimum Gasteiger partial charge on any atom is -0.347 e. The molecule has 0 saturated carbocycles. The molecule has 1 aliphatic carbocycles. The van der Waals surface area contributed by atoms with Crippen LogP contribution in [0.25, 0.3) is 0 Å². The Morgan fingerprint density at radius 2 is 2.33 bits per heavy atom. The number of hydrogen-bond donors (Lipinski definition) is 1. The first-order chi connectivity index (χ1) is 8.49. The van der Waals surface area contributed by atoms with Gasteiger partial charge >= 0.3 is 0 Å². The normalized spacial score (nSPS) is 20.3. The number of nitrogens with zero attached hydrogens (tertiary/aromatic N) is 1. The van der Waals surface area contributed by atoms with E-state index in [9.17, 15) is 4.79 Å². The van der Waals surface area contributed by atoms with Crippen LogP contribution >= 0.6 is 27.3 Å². The number of hydrogen-bond acceptors (Lipinski definition) is 3. The fourth-order valence-electron chi connectivity index (χ4n) is 2.45. The Balaban J connectivity index is 2.09. The van der Waals surface area contributed by atoms with Crippen molar-refractivity contribution in [3.8, 4) is 0 Å². The Morgan fingerprint density at radius 1 is 1.61 bits per heavy atom. The molecule has 0 fully saturated rings. The molecular formula is C13H19BrN2OS. The van der Waals surface area contributed by atoms with Crippen LogP contribution in [0.15, 0.2) is 9.85 Å². The van der Waals surface area contributed by atoms with E-state index in [1.54, 1.807) is 19.0 Å². The van der Waals surface area contributed by atoms with Gasteiger partial charge in [0.1, 0.15) is 0 Å². The van der Waals surface area contributed by atoms with Gasteiger partial charge in [-0.25, -0.2) is 0 Å². The third kappa shape index (κ3) is 2.95. The van der Waals surface area contributed by atoms with E-state index in [1.807, 2.05) is 18.3 Å². The number of likely N-dealkylation sites (N-methyl/N-ethyl adjacent to an activating group) is 1. The van der Waals surface area contributed by atoms with Gasteiger partial charge in [0.2, 0.25) is 5.91 Å². The fraction of sp³-hybridized carbons (Fsp3) is 0.615. The summed E-state index contributed by atoms with van der Waals surface area (Å²) >= 11 is 5.37. The average molecular weight is 331 g/mol. The molecule has 3 nitrogen and oxygen atoms in total. The molecule has 1 heterocycles. The van der Waals surface area contributed by atoms with Crippen LogP contribution in [-0.2, 0) is 11.2 Å². The summed E-state index contributed by atoms with van der Waals surface area (Å²) in [5, 5.41) is 3.46. The van der Waals surface area contributed by atoms with Gasteiger partial charge in [-0.2, -0.15) is 0 Å². The number of fused-ring (bicyclic) bond motifs is 1. The summed E-state index contributed by atoms with van der Waals surface area (Å²) < 4.78 is 1.19. The number of halogens is 1. The average Bonchev–Trinajstić information content (AvgIpc) is 2.69. The summed E-state index contributed by atoms with van der Waals surface area (Å²) in [6.45, 7) is 1.94. The Hall–Kier alpha value is -0.390. The molecule has 0 bridgehead atoms. The quantitative estimate of drug-likeness (QED) is 0.924. The number of nitrogens with one attached hydrogen (secondary N) is 1. The third-order valence-corrected chi connectivity index (χ3v) is 5.06. The molecule has 18 heavy (non-hydrogen) atoms. The predicted molar refractivity (Wildman–Crippen MR) is 79.0 cm³/mol. The Bertz CT molecular complexity index is 444. The second-order valence-electron chi connectivity index (χ2n) is 4.99. The van der Waals surface area contributed by atoms with Crippen molar-refractivity contribution in [3.05, 3.63) is 20.3 Å². The van der Waals surface area contributed by atoms with Gasteiger partial charge in [-0.3, -0.25) is 10.1 Å². The number of rotatable bonds is 3. The van der Waals surface area contributed by atoms with Crippen LogP contribution in [0.4, 0.5) is 0 Å². The number of carbonyl (C=O) groups is 1. The van der Waals surface area contributed by atoms with Crippen molar-refractivity contribution in [1.82, 2.24) is 10.2 Å². The minimum atomic E-state index is -0.130. The van der Waals surface area contributed by atoms with Crippen LogP contribution in [0.1, 0.15) is 36.2 Å². The van der Waals surface area contributed by atoms with Crippen molar-refractivity contribution >= 4 is 33.2 Å². The predicted octanol–water partition coefficient (Wildman–Crippen LogP) is 2.95. The first kappa shape index (κ1) is 14.0. The highest BCUT2D eigenvalue weighted by Gasteiger charge is 2.26. The lowest BCUT2D eigenvalue weighted by Gasteiger charge is -2.27. The molecule has 2 atom stereocenters. The second kappa shape index (κ2) is 5.72. The van der Waals surface area contributed by atoms with E-state index in [0.29, 0.717) is 6.04 Å². The van der Waals surface area contributed by atoms with E-state index in [0.717, 1.165) is 6.42 Å². The molecule has 0 aromatic carbocycles. The van der Waals surface area contributed by atoms with E-state index in [1.165, 1.54) is 27.1 Å². The lowest BCUT2D eigenvalue weighted by atomic mass is 9.93. The number of aryl methyl sites for hydroxylation is 1. The lowest BCUT2D eigenvalue weighted by Crippen LogP contribution is -2.43. The molecule has 0 radical (unpaired) electrons. The first-order valence-corrected chi connectivity index (χ1v) is 7.85. The van der Waals surface area contributed by atoms with Gasteiger partial charge in [-0.15, -0.1) is 11.3 Å². The van der Waals surface area contributed by atoms with Crippen molar-refractivity contribution in [2.75, 3.05) is 14.1 Å². The Morgan fingerprint density at radius 3 is 3.00 bits per heavy atom. The zero-order valence-electron chi connectivity index (χ0n) is 11.0. The topological polar surface area (TPSA) is 32.3 Å². The van der Waals surface area contributed by atoms with E-state index in [-0.39, 0.29) is 11.9 Å². The molecule has 1 aromatic rings. The van der Waals surface area contributed by atoms with Crippen LogP contribution < -0.4 is 5.32 Å². The second-order valence-corrected chi connectivity index (χ2v) is 7.51. The van der Waals surface area contributed by atoms with Crippen molar-refractivity contribution in [3.63, 3.8) is 0 Å². The van der Waals surface area contributed by atoms with Crippen LogP contribution in [0.5, 0.6) is 0 Å². The van der Waals surface area contributed by atoms with Crippen LogP contribution in [0, 0.1) is 0 Å². The highest BCUT2D eigenvalue weighted by Crippen LogP contribution is 2.38. The summed E-state index contributed by atoms with van der Waals surface area (Å²) in [5.74, 6) is 0.136. The summed E-state index contributed by atoms with van der Waals surface area (Å²) in [6, 6.07) is 2.38. The molecule has 2 rings (SSSR count). The van der Waals surface area contributed by atoms with Gasteiger partial charge in [0, 0.05) is 25.0 Å². The first-order valence-electron chi connectivity index (χ1n) is 6.24. The van der Waals surface area contributed by atoms with Crippen molar-refractivity contribution in [2.24, 2.45) is 0 Å². The monoisotopic (exact) mass is 330 g/mol. The van der Waals surface area contributed by atoms with Gasteiger partial charge < -0.3 is 4.90 Å². The van der Waals surface area contributed by atoms with E-state index >= 15 is 0 Å². The molecule has 1 amide bonds. The fourth-order valence-corrected chi connectivity index (χ4v) is 4.27. The molecule has 2 unspecified atom stereocenters. The van der Waals surface area contributed by atoms with Gasteiger partial charge in [0.15, 0.2) is 0 Å². The molecule has 1 N–H and O–H groups in total. The molecule has 0 spiro atoms. The van der Waals surface area contributed by atoms with Crippen LogP contribution in [0.3, 0.4) is 0 Å². The van der Waals surface area contributed by atoms with Gasteiger partial charge in [0.25, 0.3) is 0 Å². The zero-order chi connectivity index (χ0) is 13.3. The minimum absolute atomic E-state index is 0.130. The summed E-state index contributed by atoms with van der Waals surface area (Å²) in [4.78, 5) is 15.0. The maximum atomic E-state index is 11.9. The number of carbonyl (C=O) groups excluding carboxylic acids is 1. The smallest absolute Gasteiger partial charge is 0.238 e. The Labute approximate surface area is 121 Å². The summed E-state index contributed by atoms with van der Waals surface area (Å²) in [6.07, 6.45) is 3.47. The summed E-state index contributed by atoms with van der Waals surface area (Å²) in [5.41, 5.74) is 1.37. The summed E-state index contributed by atoms with van der Waals surface area (Å²) in [7, 11) is 3.60. The van der Waals surface area contributed by atoms with Crippen molar-refractivity contribution in [1.29, 1.82) is 0 Å². The highest BCUT2D eigenvalue weighted by atomic mass is 79.9. The van der Waals surface area contributed by atoms with Gasteiger partial charge in [0.05, 0.1) is 9.83 Å². The molecule has 1 aromatic heterocycles. The van der Waals surface area contributed by atoms with Crippen molar-refractivity contribution < 1.29 is 4.79 Å². The van der Waals surface area contributed by atoms with Crippen LogP contribution in [-0.4, -0.2) is 30.9 Å². The molecule has 0 aliphatic heterocycles. The maximum Gasteiger partial charge on any atom is 0.238 e. The third-order valence-electron chi connectivity index (χ3n) is 3.35. The van der Waals surface area contributed by atoms with E-state index in [4.69, 9.17) is 0 Å². The molecule has 5 heteroatoms. The lowest BCUT2D eigenvalue weighted by molar-refractivity contribution is -0.130. The maximum absolute atomic E-state index is 11.9. The molecule has 0 saturated heterocycles. The molecule has 1 aliphatic rings. The van der Waals surface area contributed by atoms with E-state index < -0.39 is 0 Å². The standard InChI is InChI=1S/C13H19BrN2OS/c1-8(13(17)16(2)3)15-10-5-4-6-11-9(10)7-12(14)18-11/h7-8,10,15H,4-6H2,1-3H3. The SMILES string of the molecule is CC(NC1CCCc2sc(Br)cc21)C(=O)N(C)C. The largest absolute Gasteiger partial charge is 0.347 e. The molecular weight excluding hydrogens is 312 g/mol. The zero-order valence-corrected chi connectivity index (χ0v) is 13.4. The highest BCUT2D eigenvalue weighted by molar-refractivity contribution is 9.11. The number of thiophene rings is 1. The van der Waals surface area contributed by atoms with Gasteiger partial charge in [-0.1, -0.05) is 0 Å². The van der Waals surface area contributed by atoms with Crippen LogP contribution in [0.2, 0.25) is 0 Å². The molecule has 100 valence electrons.